The van der Waals surface area contributed by atoms with E-state index in [0.717, 1.165) is 5.69 Å². The quantitative estimate of drug-likeness (QED) is 0.875. The highest BCUT2D eigenvalue weighted by atomic mass is 32.1. The van der Waals surface area contributed by atoms with E-state index in [1.165, 1.54) is 16.7 Å². The van der Waals surface area contributed by atoms with Gasteiger partial charge in [0.25, 0.3) is 5.91 Å². The van der Waals surface area contributed by atoms with Gasteiger partial charge in [0, 0.05) is 18.1 Å². The van der Waals surface area contributed by atoms with Crippen molar-refractivity contribution in [2.75, 3.05) is 0 Å². The Morgan fingerprint density at radius 1 is 1.43 bits per heavy atom. The van der Waals surface area contributed by atoms with Crippen LogP contribution in [-0.2, 0) is 13.6 Å². The molecule has 7 nitrogen and oxygen atoms in total. The van der Waals surface area contributed by atoms with Crippen molar-refractivity contribution in [3.8, 4) is 0 Å². The molecular formula is C13H16N4O3S. The Kier molecular flexibility index (Phi) is 4.37. The summed E-state index contributed by atoms with van der Waals surface area (Å²) in [6, 6.07) is 1.75. The standard InChI is InChI=1S/C13H16N4O3S/c1-7(2)10-4-8(16-17(10)3)12(18)14-5-11-15-9(6-21-11)13(19)20/h4,6-7H,5H2,1-3H3,(H,14,18)(H,19,20). The van der Waals surface area contributed by atoms with Crippen LogP contribution in [0.15, 0.2) is 11.4 Å². The lowest BCUT2D eigenvalue weighted by Gasteiger charge is -2.02. The van der Waals surface area contributed by atoms with Crippen LogP contribution in [0.5, 0.6) is 0 Å². The third-order valence-electron chi connectivity index (χ3n) is 2.91. The fraction of sp³-hybridized carbons (Fsp3) is 0.385. The molecule has 1 amide bonds. The molecule has 0 aliphatic carbocycles. The molecule has 8 heteroatoms. The van der Waals surface area contributed by atoms with Gasteiger partial charge in [-0.15, -0.1) is 11.3 Å². The summed E-state index contributed by atoms with van der Waals surface area (Å²) < 4.78 is 1.69. The maximum atomic E-state index is 12.0. The van der Waals surface area contributed by atoms with Crippen molar-refractivity contribution in [1.29, 1.82) is 0 Å². The number of aromatic nitrogens is 3. The van der Waals surface area contributed by atoms with Gasteiger partial charge in [-0.05, 0) is 12.0 Å². The number of nitrogens with zero attached hydrogens (tertiary/aromatic N) is 3. The number of hydrogen-bond donors (Lipinski definition) is 2. The number of aromatic carboxylic acids is 1. The largest absolute Gasteiger partial charge is 0.476 e. The zero-order valence-electron chi connectivity index (χ0n) is 12.0. The molecule has 0 saturated heterocycles. The average molecular weight is 308 g/mol. The van der Waals surface area contributed by atoms with Crippen LogP contribution >= 0.6 is 11.3 Å². The number of thiazole rings is 1. The number of carbonyl (C=O) groups excluding carboxylic acids is 1. The van der Waals surface area contributed by atoms with Crippen molar-refractivity contribution >= 4 is 23.2 Å². The third kappa shape index (κ3) is 3.46. The van der Waals surface area contributed by atoms with Gasteiger partial charge >= 0.3 is 5.97 Å². The van der Waals surface area contributed by atoms with E-state index in [2.05, 4.69) is 15.4 Å². The number of carboxylic acids is 1. The number of carbonyl (C=O) groups is 2. The summed E-state index contributed by atoms with van der Waals surface area (Å²) in [7, 11) is 1.80. The first-order valence-electron chi connectivity index (χ1n) is 6.38. The number of aryl methyl sites for hydroxylation is 1. The molecule has 21 heavy (non-hydrogen) atoms. The molecular weight excluding hydrogens is 292 g/mol. The van der Waals surface area contributed by atoms with E-state index in [1.807, 2.05) is 13.8 Å². The van der Waals surface area contributed by atoms with Crippen LogP contribution < -0.4 is 5.32 Å². The van der Waals surface area contributed by atoms with E-state index in [1.54, 1.807) is 17.8 Å². The normalized spacial score (nSPS) is 10.9. The number of carboxylic acid groups (broad SMARTS) is 1. The van der Waals surface area contributed by atoms with Crippen LogP contribution in [0.4, 0.5) is 0 Å². The second-order valence-corrected chi connectivity index (χ2v) is 5.79. The summed E-state index contributed by atoms with van der Waals surface area (Å²) in [4.78, 5) is 26.6. The molecule has 2 heterocycles. The molecule has 0 bridgehead atoms. The van der Waals surface area contributed by atoms with Gasteiger partial charge in [0.2, 0.25) is 0 Å². The molecule has 0 aromatic carbocycles. The number of hydrogen-bond acceptors (Lipinski definition) is 5. The Morgan fingerprint density at radius 3 is 2.67 bits per heavy atom. The number of nitrogens with one attached hydrogen (secondary N) is 1. The Bertz CT molecular complexity index is 675. The van der Waals surface area contributed by atoms with Crippen LogP contribution in [0.1, 0.15) is 51.4 Å². The monoisotopic (exact) mass is 308 g/mol. The zero-order chi connectivity index (χ0) is 15.6. The number of rotatable bonds is 5. The fourth-order valence-corrected chi connectivity index (χ4v) is 2.58. The van der Waals surface area contributed by atoms with Gasteiger partial charge in [-0.3, -0.25) is 9.48 Å². The molecule has 2 rings (SSSR count). The SMILES string of the molecule is CC(C)c1cc(C(=O)NCc2nc(C(=O)O)cs2)nn1C. The van der Waals surface area contributed by atoms with Crippen molar-refractivity contribution in [1.82, 2.24) is 20.1 Å². The van der Waals surface area contributed by atoms with E-state index in [0.29, 0.717) is 10.7 Å². The number of amides is 1. The van der Waals surface area contributed by atoms with Crippen molar-refractivity contribution in [3.63, 3.8) is 0 Å². The molecule has 2 aromatic rings. The van der Waals surface area contributed by atoms with Crippen LogP contribution in [0.3, 0.4) is 0 Å². The van der Waals surface area contributed by atoms with E-state index >= 15 is 0 Å². The lowest BCUT2D eigenvalue weighted by molar-refractivity contribution is 0.0691. The smallest absolute Gasteiger partial charge is 0.355 e. The minimum Gasteiger partial charge on any atom is -0.476 e. The maximum absolute atomic E-state index is 12.0. The van der Waals surface area contributed by atoms with Gasteiger partial charge in [-0.2, -0.15) is 5.10 Å². The lowest BCUT2D eigenvalue weighted by atomic mass is 10.1. The summed E-state index contributed by atoms with van der Waals surface area (Å²) in [6.45, 7) is 4.24. The first kappa shape index (κ1) is 15.2. The van der Waals surface area contributed by atoms with Gasteiger partial charge in [0.05, 0.1) is 6.54 Å². The Morgan fingerprint density at radius 2 is 2.14 bits per heavy atom. The van der Waals surface area contributed by atoms with Crippen molar-refractivity contribution in [3.05, 3.63) is 33.5 Å². The zero-order valence-corrected chi connectivity index (χ0v) is 12.8. The van der Waals surface area contributed by atoms with Gasteiger partial charge < -0.3 is 10.4 Å². The Balaban J connectivity index is 2.01. The van der Waals surface area contributed by atoms with Crippen LogP contribution in [-0.4, -0.2) is 31.7 Å². The molecule has 112 valence electrons. The highest BCUT2D eigenvalue weighted by Crippen LogP contribution is 2.15. The molecule has 0 aliphatic rings. The molecule has 0 aliphatic heterocycles. The molecule has 0 unspecified atom stereocenters. The summed E-state index contributed by atoms with van der Waals surface area (Å²) in [5.41, 5.74) is 1.31. The fourth-order valence-electron chi connectivity index (χ4n) is 1.87. The summed E-state index contributed by atoms with van der Waals surface area (Å²) in [5, 5.41) is 17.6. The van der Waals surface area contributed by atoms with E-state index in [-0.39, 0.29) is 24.1 Å². The average Bonchev–Trinajstić information content (AvgIpc) is 3.02. The topological polar surface area (TPSA) is 97.1 Å². The highest BCUT2D eigenvalue weighted by molar-refractivity contribution is 7.09. The van der Waals surface area contributed by atoms with Crippen LogP contribution in [0.25, 0.3) is 0 Å². The van der Waals surface area contributed by atoms with Crippen LogP contribution in [0.2, 0.25) is 0 Å². The van der Waals surface area contributed by atoms with Crippen molar-refractivity contribution in [2.24, 2.45) is 7.05 Å². The molecule has 2 aromatic heterocycles. The van der Waals surface area contributed by atoms with E-state index in [9.17, 15) is 9.59 Å². The summed E-state index contributed by atoms with van der Waals surface area (Å²) >= 11 is 1.20. The molecule has 0 spiro atoms. The van der Waals surface area contributed by atoms with Gasteiger partial charge in [0.1, 0.15) is 10.7 Å². The van der Waals surface area contributed by atoms with E-state index < -0.39 is 5.97 Å². The molecule has 0 atom stereocenters. The molecule has 0 radical (unpaired) electrons. The molecule has 2 N–H and O–H groups in total. The second kappa shape index (κ2) is 6.04. The van der Waals surface area contributed by atoms with Crippen molar-refractivity contribution in [2.45, 2.75) is 26.3 Å². The first-order valence-corrected chi connectivity index (χ1v) is 7.26. The highest BCUT2D eigenvalue weighted by Gasteiger charge is 2.15. The minimum atomic E-state index is -1.07. The first-order chi connectivity index (χ1) is 9.88. The van der Waals surface area contributed by atoms with Crippen LogP contribution in [0, 0.1) is 0 Å². The van der Waals surface area contributed by atoms with E-state index in [4.69, 9.17) is 5.11 Å². The minimum absolute atomic E-state index is 0.0100. The lowest BCUT2D eigenvalue weighted by Crippen LogP contribution is -2.23. The summed E-state index contributed by atoms with van der Waals surface area (Å²) in [5.74, 6) is -1.10. The predicted molar refractivity (Wildman–Crippen MR) is 77.5 cm³/mol. The summed E-state index contributed by atoms with van der Waals surface area (Å²) in [6.07, 6.45) is 0. The maximum Gasteiger partial charge on any atom is 0.355 e. The molecule has 0 fully saturated rings. The van der Waals surface area contributed by atoms with Crippen molar-refractivity contribution < 1.29 is 14.7 Å². The van der Waals surface area contributed by atoms with Gasteiger partial charge in [0.15, 0.2) is 5.69 Å². The third-order valence-corrected chi connectivity index (χ3v) is 3.76. The molecule has 0 saturated carbocycles. The Hall–Kier alpha value is -2.22. The van der Waals surface area contributed by atoms with Gasteiger partial charge in [-0.1, -0.05) is 13.8 Å². The second-order valence-electron chi connectivity index (χ2n) is 4.85. The van der Waals surface area contributed by atoms with Gasteiger partial charge in [-0.25, -0.2) is 9.78 Å². The Labute approximate surface area is 125 Å². The predicted octanol–water partition coefficient (Wildman–Crippen LogP) is 1.63.